The van der Waals surface area contributed by atoms with Crippen molar-refractivity contribution in [1.82, 2.24) is 20.4 Å². The number of likely N-dealkylation sites (N-methyl/N-ethyl adjacent to an activating group) is 1. The Morgan fingerprint density at radius 3 is 2.40 bits per heavy atom. The predicted octanol–water partition coefficient (Wildman–Crippen LogP) is -0.0459. The predicted molar refractivity (Wildman–Crippen MR) is 89.2 cm³/mol. The van der Waals surface area contributed by atoms with Crippen molar-refractivity contribution < 1.29 is 0 Å². The zero-order valence-corrected chi connectivity index (χ0v) is 13.5. The van der Waals surface area contributed by atoms with Crippen LogP contribution in [0.4, 0.5) is 0 Å². The van der Waals surface area contributed by atoms with Crippen molar-refractivity contribution in [2.75, 3.05) is 72.5 Å². The SMILES string of the molecule is C=CCNCCN(C)CCN(CCN)CCNCCC. The quantitative estimate of drug-likeness (QED) is 0.291. The summed E-state index contributed by atoms with van der Waals surface area (Å²) < 4.78 is 0. The minimum Gasteiger partial charge on any atom is -0.329 e. The molecular weight excluding hydrogens is 250 g/mol. The van der Waals surface area contributed by atoms with Crippen LogP contribution in [0.3, 0.4) is 0 Å². The van der Waals surface area contributed by atoms with Crippen molar-refractivity contribution >= 4 is 0 Å². The van der Waals surface area contributed by atoms with E-state index in [-0.39, 0.29) is 0 Å². The maximum atomic E-state index is 5.68. The van der Waals surface area contributed by atoms with E-state index >= 15 is 0 Å². The monoisotopic (exact) mass is 285 g/mol. The average molecular weight is 285 g/mol. The first-order valence-corrected chi connectivity index (χ1v) is 7.87. The third-order valence-electron chi connectivity index (χ3n) is 3.23. The Labute approximate surface area is 125 Å². The molecule has 0 aromatic carbocycles. The largest absolute Gasteiger partial charge is 0.329 e. The van der Waals surface area contributed by atoms with Gasteiger partial charge in [-0.2, -0.15) is 0 Å². The molecule has 5 heteroatoms. The fourth-order valence-corrected chi connectivity index (χ4v) is 1.95. The van der Waals surface area contributed by atoms with Crippen LogP contribution < -0.4 is 16.4 Å². The molecule has 0 radical (unpaired) electrons. The smallest absolute Gasteiger partial charge is 0.0132 e. The van der Waals surface area contributed by atoms with E-state index in [4.69, 9.17) is 5.73 Å². The van der Waals surface area contributed by atoms with Gasteiger partial charge in [0.2, 0.25) is 0 Å². The van der Waals surface area contributed by atoms with Crippen molar-refractivity contribution in [3.63, 3.8) is 0 Å². The molecule has 0 aliphatic heterocycles. The van der Waals surface area contributed by atoms with Crippen LogP contribution in [0.25, 0.3) is 0 Å². The van der Waals surface area contributed by atoms with Gasteiger partial charge in [-0.15, -0.1) is 6.58 Å². The van der Waals surface area contributed by atoms with Crippen molar-refractivity contribution in [2.45, 2.75) is 13.3 Å². The maximum Gasteiger partial charge on any atom is 0.0132 e. The van der Waals surface area contributed by atoms with Crippen molar-refractivity contribution in [3.05, 3.63) is 12.7 Å². The standard InChI is InChI=1S/C15H35N5/c1-4-7-17-9-12-19(3)14-15-20(11-6-16)13-10-18-8-5-2/h4,17-18H,1,5-16H2,2-3H3. The summed E-state index contributed by atoms with van der Waals surface area (Å²) in [5.41, 5.74) is 5.68. The summed E-state index contributed by atoms with van der Waals surface area (Å²) in [6, 6.07) is 0. The van der Waals surface area contributed by atoms with Gasteiger partial charge in [0.05, 0.1) is 0 Å². The lowest BCUT2D eigenvalue weighted by Gasteiger charge is -2.25. The van der Waals surface area contributed by atoms with Gasteiger partial charge in [0.1, 0.15) is 0 Å². The Bertz CT molecular complexity index is 210. The van der Waals surface area contributed by atoms with Gasteiger partial charge in [-0.05, 0) is 20.0 Å². The molecule has 4 N–H and O–H groups in total. The molecular formula is C15H35N5. The Balaban J connectivity index is 3.68. The van der Waals surface area contributed by atoms with Crippen LogP contribution >= 0.6 is 0 Å². The van der Waals surface area contributed by atoms with Gasteiger partial charge in [0, 0.05) is 58.9 Å². The molecule has 0 aromatic heterocycles. The molecule has 0 aromatic rings. The minimum absolute atomic E-state index is 0.735. The lowest BCUT2D eigenvalue weighted by molar-refractivity contribution is 0.229. The van der Waals surface area contributed by atoms with Crippen LogP contribution in [-0.4, -0.2) is 82.3 Å². The number of nitrogens with one attached hydrogen (secondary N) is 2. The summed E-state index contributed by atoms with van der Waals surface area (Å²) in [5, 5.41) is 6.77. The van der Waals surface area contributed by atoms with Gasteiger partial charge in [0.25, 0.3) is 0 Å². The highest BCUT2D eigenvalue weighted by Crippen LogP contribution is 1.89. The third kappa shape index (κ3) is 12.6. The normalized spacial score (nSPS) is 11.4. The lowest BCUT2D eigenvalue weighted by atomic mass is 10.4. The average Bonchev–Trinajstić information content (AvgIpc) is 2.45. The molecule has 0 saturated heterocycles. The number of hydrogen-bond acceptors (Lipinski definition) is 5. The van der Waals surface area contributed by atoms with Gasteiger partial charge in [-0.25, -0.2) is 0 Å². The van der Waals surface area contributed by atoms with Crippen molar-refractivity contribution in [1.29, 1.82) is 0 Å². The second kappa shape index (κ2) is 14.9. The molecule has 0 bridgehead atoms. The van der Waals surface area contributed by atoms with Crippen LogP contribution in [0.5, 0.6) is 0 Å². The molecule has 0 amide bonds. The first-order chi connectivity index (χ1) is 9.74. The van der Waals surface area contributed by atoms with E-state index in [2.05, 4.69) is 41.0 Å². The zero-order valence-electron chi connectivity index (χ0n) is 13.5. The maximum absolute atomic E-state index is 5.68. The summed E-state index contributed by atoms with van der Waals surface area (Å²) in [6.07, 6.45) is 3.09. The zero-order chi connectivity index (χ0) is 15.1. The molecule has 5 nitrogen and oxygen atoms in total. The molecule has 120 valence electrons. The first-order valence-electron chi connectivity index (χ1n) is 7.87. The minimum atomic E-state index is 0.735. The molecule has 0 spiro atoms. The van der Waals surface area contributed by atoms with E-state index in [1.807, 2.05) is 6.08 Å². The van der Waals surface area contributed by atoms with Gasteiger partial charge in [-0.3, -0.25) is 4.90 Å². The third-order valence-corrected chi connectivity index (χ3v) is 3.23. The lowest BCUT2D eigenvalue weighted by Crippen LogP contribution is -2.41. The summed E-state index contributed by atoms with van der Waals surface area (Å²) in [7, 11) is 2.17. The molecule has 0 fully saturated rings. The van der Waals surface area contributed by atoms with Crippen LogP contribution in [0.15, 0.2) is 12.7 Å². The van der Waals surface area contributed by atoms with Gasteiger partial charge in [0.15, 0.2) is 0 Å². The Hall–Kier alpha value is -0.460. The summed E-state index contributed by atoms with van der Waals surface area (Å²) in [5.74, 6) is 0. The molecule has 0 atom stereocenters. The van der Waals surface area contributed by atoms with Gasteiger partial charge < -0.3 is 21.3 Å². The van der Waals surface area contributed by atoms with Crippen LogP contribution in [0, 0.1) is 0 Å². The highest BCUT2D eigenvalue weighted by Gasteiger charge is 2.05. The second-order valence-corrected chi connectivity index (χ2v) is 5.18. The van der Waals surface area contributed by atoms with E-state index in [0.29, 0.717) is 0 Å². The fourth-order valence-electron chi connectivity index (χ4n) is 1.95. The van der Waals surface area contributed by atoms with E-state index in [0.717, 1.165) is 65.4 Å². The highest BCUT2D eigenvalue weighted by atomic mass is 15.2. The topological polar surface area (TPSA) is 56.6 Å². The van der Waals surface area contributed by atoms with Crippen LogP contribution in [-0.2, 0) is 0 Å². The molecule has 0 rings (SSSR count). The Morgan fingerprint density at radius 2 is 1.75 bits per heavy atom. The summed E-state index contributed by atoms with van der Waals surface area (Å²) in [4.78, 5) is 4.80. The molecule has 0 unspecified atom stereocenters. The Kier molecular flexibility index (Phi) is 14.6. The molecule has 0 aliphatic carbocycles. The molecule has 0 aliphatic rings. The first kappa shape index (κ1) is 19.5. The molecule has 0 saturated carbocycles. The number of nitrogens with zero attached hydrogens (tertiary/aromatic N) is 2. The van der Waals surface area contributed by atoms with E-state index in [1.165, 1.54) is 6.42 Å². The van der Waals surface area contributed by atoms with Crippen molar-refractivity contribution in [3.8, 4) is 0 Å². The van der Waals surface area contributed by atoms with Crippen LogP contribution in [0.1, 0.15) is 13.3 Å². The van der Waals surface area contributed by atoms with E-state index in [1.54, 1.807) is 0 Å². The van der Waals surface area contributed by atoms with Crippen LogP contribution in [0.2, 0.25) is 0 Å². The van der Waals surface area contributed by atoms with Gasteiger partial charge in [-0.1, -0.05) is 13.0 Å². The Morgan fingerprint density at radius 1 is 1.00 bits per heavy atom. The van der Waals surface area contributed by atoms with Crippen molar-refractivity contribution in [2.24, 2.45) is 5.73 Å². The second-order valence-electron chi connectivity index (χ2n) is 5.18. The number of hydrogen-bond donors (Lipinski definition) is 3. The van der Waals surface area contributed by atoms with Gasteiger partial charge >= 0.3 is 0 Å². The highest BCUT2D eigenvalue weighted by molar-refractivity contribution is 4.70. The molecule has 20 heavy (non-hydrogen) atoms. The summed E-state index contributed by atoms with van der Waals surface area (Å²) >= 11 is 0. The van der Waals surface area contributed by atoms with E-state index in [9.17, 15) is 0 Å². The molecule has 0 heterocycles. The fraction of sp³-hybridized carbons (Fsp3) is 0.867. The number of nitrogens with two attached hydrogens (primary N) is 1. The number of rotatable bonds is 15. The van der Waals surface area contributed by atoms with E-state index < -0.39 is 0 Å². The summed E-state index contributed by atoms with van der Waals surface area (Å²) in [6.45, 7) is 16.0.